The van der Waals surface area contributed by atoms with Gasteiger partial charge in [0.15, 0.2) is 0 Å². The van der Waals surface area contributed by atoms with Crippen molar-refractivity contribution in [3.05, 3.63) is 89.1 Å². The Labute approximate surface area is 212 Å². The fourth-order valence-electron chi connectivity index (χ4n) is 4.80. The first-order valence-electron chi connectivity index (χ1n) is 12.5. The number of carbonyl (C=O) groups is 1. The summed E-state index contributed by atoms with van der Waals surface area (Å²) in [6.07, 6.45) is 0.970. The maximum Gasteiger partial charge on any atom is 0.254 e. The van der Waals surface area contributed by atoms with Crippen molar-refractivity contribution >= 4 is 16.8 Å². The summed E-state index contributed by atoms with van der Waals surface area (Å²) in [5, 5.41) is 1.15. The molecule has 0 aliphatic carbocycles. The molecule has 3 aromatic carbocycles. The van der Waals surface area contributed by atoms with Crippen LogP contribution in [0.4, 0.5) is 0 Å². The van der Waals surface area contributed by atoms with Gasteiger partial charge in [0.1, 0.15) is 17.2 Å². The van der Waals surface area contributed by atoms with Gasteiger partial charge in [0.25, 0.3) is 5.91 Å². The normalized spacial score (nSPS) is 14.2. The second-order valence-electron chi connectivity index (χ2n) is 9.45. The number of methoxy groups -OCH3 is 1. The van der Waals surface area contributed by atoms with Gasteiger partial charge >= 0.3 is 0 Å². The highest BCUT2D eigenvalue weighted by Gasteiger charge is 2.22. The molecule has 186 valence electrons. The molecule has 0 atom stereocenters. The Morgan fingerprint density at radius 1 is 0.889 bits per heavy atom. The number of hydrogen-bond acceptors (Lipinski definition) is 4. The largest absolute Gasteiger partial charge is 0.497 e. The zero-order valence-electron chi connectivity index (χ0n) is 21.2. The number of nitrogens with one attached hydrogen (secondary N) is 1. The molecule has 1 aliphatic rings. The van der Waals surface area contributed by atoms with Crippen LogP contribution in [0.1, 0.15) is 27.2 Å². The van der Waals surface area contributed by atoms with E-state index in [1.165, 1.54) is 11.1 Å². The molecule has 1 saturated heterocycles. The lowest BCUT2D eigenvalue weighted by atomic mass is 10.1. The second kappa shape index (κ2) is 10.5. The van der Waals surface area contributed by atoms with Gasteiger partial charge in [-0.05, 0) is 79.9 Å². The molecule has 6 nitrogen and oxygen atoms in total. The molecule has 1 aromatic heterocycles. The fraction of sp³-hybridized carbons (Fsp3) is 0.300. The van der Waals surface area contributed by atoms with Crippen LogP contribution in [-0.4, -0.2) is 60.5 Å². The number of amides is 1. The first-order valence-corrected chi connectivity index (χ1v) is 12.5. The van der Waals surface area contributed by atoms with E-state index in [1.54, 1.807) is 7.11 Å². The minimum Gasteiger partial charge on any atom is -0.497 e. The highest BCUT2D eigenvalue weighted by molar-refractivity contribution is 5.94. The van der Waals surface area contributed by atoms with Gasteiger partial charge < -0.3 is 19.4 Å². The first kappa shape index (κ1) is 23.9. The van der Waals surface area contributed by atoms with Crippen LogP contribution in [0.3, 0.4) is 0 Å². The molecule has 1 aliphatic heterocycles. The van der Waals surface area contributed by atoms with Gasteiger partial charge in [-0.2, -0.15) is 0 Å². The van der Waals surface area contributed by atoms with Crippen LogP contribution >= 0.6 is 0 Å². The highest BCUT2D eigenvalue weighted by atomic mass is 16.5. The quantitative estimate of drug-likeness (QED) is 0.373. The molecule has 36 heavy (non-hydrogen) atoms. The topological polar surface area (TPSA) is 57.8 Å². The summed E-state index contributed by atoms with van der Waals surface area (Å²) in [6.45, 7) is 8.36. The molecule has 5 rings (SSSR count). The van der Waals surface area contributed by atoms with E-state index in [0.29, 0.717) is 11.3 Å². The Morgan fingerprint density at radius 2 is 1.64 bits per heavy atom. The smallest absolute Gasteiger partial charge is 0.254 e. The van der Waals surface area contributed by atoms with Crippen LogP contribution in [0.5, 0.6) is 17.2 Å². The van der Waals surface area contributed by atoms with E-state index >= 15 is 0 Å². The zero-order chi connectivity index (χ0) is 25.1. The number of H-pyrrole nitrogens is 1. The number of carbonyl (C=O) groups excluding carboxylic acids is 1. The minimum absolute atomic E-state index is 0.0560. The summed E-state index contributed by atoms with van der Waals surface area (Å²) in [6, 6.07) is 21.8. The SMILES string of the molecule is COc1cccc(CCN2CCN(C(=O)c3cccc(Oc4ccc5[nH]c(C)c(C)c5c4)c3)CC2)c1. The first-order chi connectivity index (χ1) is 17.5. The number of nitrogens with zero attached hydrogens (tertiary/aromatic N) is 2. The van der Waals surface area contributed by atoms with Crippen molar-refractivity contribution in [2.24, 2.45) is 0 Å². The minimum atomic E-state index is 0.0560. The summed E-state index contributed by atoms with van der Waals surface area (Å²) in [4.78, 5) is 21.0. The number of benzene rings is 3. The van der Waals surface area contributed by atoms with Crippen LogP contribution in [0.25, 0.3) is 10.9 Å². The second-order valence-corrected chi connectivity index (χ2v) is 9.45. The number of ether oxygens (including phenoxy) is 2. The van der Waals surface area contributed by atoms with E-state index in [9.17, 15) is 4.79 Å². The standard InChI is InChI=1S/C30H33N3O3/c1-21-22(2)31-29-11-10-27(20-28(21)29)36-26-9-5-7-24(19-26)30(34)33-16-14-32(15-17-33)13-12-23-6-4-8-25(18-23)35-3/h4-11,18-20,31H,12-17H2,1-3H3. The summed E-state index contributed by atoms with van der Waals surface area (Å²) in [5.74, 6) is 2.38. The Hall–Kier alpha value is -3.77. The van der Waals surface area contributed by atoms with E-state index in [1.807, 2.05) is 59.5 Å². The Morgan fingerprint density at radius 3 is 2.44 bits per heavy atom. The molecule has 0 saturated carbocycles. The molecule has 1 fully saturated rings. The predicted octanol–water partition coefficient (Wildman–Crippen LogP) is 5.59. The van der Waals surface area contributed by atoms with E-state index < -0.39 is 0 Å². The molecule has 0 spiro atoms. The fourth-order valence-corrected chi connectivity index (χ4v) is 4.80. The highest BCUT2D eigenvalue weighted by Crippen LogP contribution is 2.29. The molecule has 1 N–H and O–H groups in total. The van der Waals surface area contributed by atoms with Gasteiger partial charge in [-0.25, -0.2) is 0 Å². The van der Waals surface area contributed by atoms with E-state index in [-0.39, 0.29) is 5.91 Å². The van der Waals surface area contributed by atoms with Crippen molar-refractivity contribution in [1.82, 2.24) is 14.8 Å². The van der Waals surface area contributed by atoms with Crippen molar-refractivity contribution in [3.63, 3.8) is 0 Å². The molecule has 2 heterocycles. The lowest BCUT2D eigenvalue weighted by Gasteiger charge is -2.34. The number of hydrogen-bond donors (Lipinski definition) is 1. The molecule has 6 heteroatoms. The van der Waals surface area contributed by atoms with Crippen molar-refractivity contribution in [2.75, 3.05) is 39.8 Å². The van der Waals surface area contributed by atoms with Gasteiger partial charge in [-0.15, -0.1) is 0 Å². The Balaban J connectivity index is 1.18. The maximum absolute atomic E-state index is 13.2. The van der Waals surface area contributed by atoms with Gasteiger partial charge in [-0.1, -0.05) is 18.2 Å². The van der Waals surface area contributed by atoms with Crippen LogP contribution < -0.4 is 9.47 Å². The number of rotatable bonds is 7. The van der Waals surface area contributed by atoms with E-state index in [2.05, 4.69) is 35.9 Å². The molecule has 1 amide bonds. The average Bonchev–Trinajstić information content (AvgIpc) is 3.20. The summed E-state index contributed by atoms with van der Waals surface area (Å²) in [7, 11) is 1.70. The third kappa shape index (κ3) is 5.24. The monoisotopic (exact) mass is 483 g/mol. The number of aromatic nitrogens is 1. The van der Waals surface area contributed by atoms with Gasteiger partial charge in [0.2, 0.25) is 0 Å². The van der Waals surface area contributed by atoms with Crippen molar-refractivity contribution in [3.8, 4) is 17.2 Å². The van der Waals surface area contributed by atoms with Crippen LogP contribution in [0, 0.1) is 13.8 Å². The molecular weight excluding hydrogens is 450 g/mol. The molecule has 4 aromatic rings. The summed E-state index contributed by atoms with van der Waals surface area (Å²) in [5.41, 5.74) is 5.42. The molecule has 0 unspecified atom stereocenters. The van der Waals surface area contributed by atoms with Gasteiger partial charge in [0.05, 0.1) is 7.11 Å². The number of aromatic amines is 1. The van der Waals surface area contributed by atoms with Crippen molar-refractivity contribution in [2.45, 2.75) is 20.3 Å². The third-order valence-electron chi connectivity index (χ3n) is 7.11. The third-order valence-corrected chi connectivity index (χ3v) is 7.11. The number of aryl methyl sites for hydroxylation is 2. The lowest BCUT2D eigenvalue weighted by molar-refractivity contribution is 0.0638. The molecular formula is C30H33N3O3. The number of piperazine rings is 1. The van der Waals surface area contributed by atoms with Crippen LogP contribution in [-0.2, 0) is 6.42 Å². The number of fused-ring (bicyclic) bond motifs is 1. The summed E-state index contributed by atoms with van der Waals surface area (Å²) < 4.78 is 11.5. The zero-order valence-corrected chi connectivity index (χ0v) is 21.2. The van der Waals surface area contributed by atoms with E-state index in [4.69, 9.17) is 9.47 Å². The molecule has 0 radical (unpaired) electrons. The van der Waals surface area contributed by atoms with Crippen molar-refractivity contribution < 1.29 is 14.3 Å². The average molecular weight is 484 g/mol. The Bertz CT molecular complexity index is 1370. The maximum atomic E-state index is 13.2. The summed E-state index contributed by atoms with van der Waals surface area (Å²) >= 11 is 0. The lowest BCUT2D eigenvalue weighted by Crippen LogP contribution is -2.49. The van der Waals surface area contributed by atoms with Gasteiger partial charge in [0, 0.05) is 54.9 Å². The Kier molecular flexibility index (Phi) is 6.96. The van der Waals surface area contributed by atoms with Crippen LogP contribution in [0.2, 0.25) is 0 Å². The van der Waals surface area contributed by atoms with Crippen LogP contribution in [0.15, 0.2) is 66.7 Å². The molecule has 0 bridgehead atoms. The van der Waals surface area contributed by atoms with Crippen molar-refractivity contribution in [1.29, 1.82) is 0 Å². The van der Waals surface area contributed by atoms with E-state index in [0.717, 1.165) is 67.2 Å². The predicted molar refractivity (Wildman–Crippen MR) is 143 cm³/mol. The van der Waals surface area contributed by atoms with Gasteiger partial charge in [-0.3, -0.25) is 9.69 Å².